The number of non-ortho nitro benzene ring substituents is 1. The Morgan fingerprint density at radius 2 is 2.08 bits per heavy atom. The van der Waals surface area contributed by atoms with Crippen molar-refractivity contribution in [1.29, 1.82) is 0 Å². The molecule has 0 spiro atoms. The van der Waals surface area contributed by atoms with E-state index in [2.05, 4.69) is 4.99 Å². The molecule has 1 aromatic carbocycles. The number of nitro benzene ring substituents is 1. The lowest BCUT2D eigenvalue weighted by molar-refractivity contribution is -0.384. The number of amidine groups is 1. The molecule has 1 amide bonds. The molecule has 1 aromatic rings. The lowest BCUT2D eigenvalue weighted by Crippen LogP contribution is -2.31. The van der Waals surface area contributed by atoms with E-state index >= 15 is 0 Å². The molecule has 0 bridgehead atoms. The quantitative estimate of drug-likeness (QED) is 0.574. The van der Waals surface area contributed by atoms with Crippen LogP contribution in [0.1, 0.15) is 44.1 Å². The minimum absolute atomic E-state index is 0.0609. The van der Waals surface area contributed by atoms with Crippen LogP contribution in [0, 0.1) is 23.0 Å². The number of carbonyl (C=O) groups is 1. The van der Waals surface area contributed by atoms with Crippen LogP contribution in [0.3, 0.4) is 0 Å². The Bertz CT molecular complexity index is 699. The van der Waals surface area contributed by atoms with Crippen molar-refractivity contribution in [3.05, 3.63) is 33.9 Å². The highest BCUT2D eigenvalue weighted by Gasteiger charge is 2.29. The SMILES string of the molecule is Cc1cc([N+](=O)[O-])ccc1N=C1SCC(=O)N1CCC1CCCCC1. The van der Waals surface area contributed by atoms with Crippen molar-refractivity contribution in [1.82, 2.24) is 4.90 Å². The van der Waals surface area contributed by atoms with Crippen molar-refractivity contribution >= 4 is 34.2 Å². The summed E-state index contributed by atoms with van der Waals surface area (Å²) in [4.78, 5) is 29.1. The Kier molecular flexibility index (Phi) is 5.73. The highest BCUT2D eigenvalue weighted by molar-refractivity contribution is 8.15. The van der Waals surface area contributed by atoms with Gasteiger partial charge in [-0.15, -0.1) is 0 Å². The van der Waals surface area contributed by atoms with Gasteiger partial charge in [-0.3, -0.25) is 19.8 Å². The van der Waals surface area contributed by atoms with E-state index in [1.165, 1.54) is 56.0 Å². The number of nitrogens with zero attached hydrogens (tertiary/aromatic N) is 3. The van der Waals surface area contributed by atoms with Crippen LogP contribution in [0.4, 0.5) is 11.4 Å². The second-order valence-corrected chi connectivity index (χ2v) is 7.69. The van der Waals surface area contributed by atoms with Gasteiger partial charge in [-0.05, 0) is 30.9 Å². The summed E-state index contributed by atoms with van der Waals surface area (Å²) in [5.41, 5.74) is 1.49. The van der Waals surface area contributed by atoms with Crippen LogP contribution in [0.25, 0.3) is 0 Å². The zero-order valence-electron chi connectivity index (χ0n) is 14.4. The highest BCUT2D eigenvalue weighted by atomic mass is 32.2. The van der Waals surface area contributed by atoms with Gasteiger partial charge in [-0.25, -0.2) is 4.99 Å². The molecule has 0 N–H and O–H groups in total. The summed E-state index contributed by atoms with van der Waals surface area (Å²) in [6.07, 6.45) is 7.50. The smallest absolute Gasteiger partial charge is 0.269 e. The molecule has 6 nitrogen and oxygen atoms in total. The average molecular weight is 361 g/mol. The van der Waals surface area contributed by atoms with Gasteiger partial charge in [0.2, 0.25) is 5.91 Å². The first-order chi connectivity index (χ1) is 12.0. The fourth-order valence-electron chi connectivity index (χ4n) is 3.47. The first-order valence-corrected chi connectivity index (χ1v) is 9.80. The maximum Gasteiger partial charge on any atom is 0.269 e. The fraction of sp³-hybridized carbons (Fsp3) is 0.556. The van der Waals surface area contributed by atoms with Crippen LogP contribution in [0.2, 0.25) is 0 Å². The summed E-state index contributed by atoms with van der Waals surface area (Å²) >= 11 is 1.45. The van der Waals surface area contributed by atoms with E-state index in [1.807, 2.05) is 0 Å². The topological polar surface area (TPSA) is 75.8 Å². The Labute approximate surface area is 151 Å². The second kappa shape index (κ2) is 7.99. The lowest BCUT2D eigenvalue weighted by Gasteiger charge is -2.24. The molecule has 2 aliphatic rings. The zero-order chi connectivity index (χ0) is 17.8. The number of hydrogen-bond acceptors (Lipinski definition) is 5. The molecule has 1 saturated carbocycles. The first-order valence-electron chi connectivity index (χ1n) is 8.81. The molecule has 134 valence electrons. The number of rotatable bonds is 5. The van der Waals surface area contributed by atoms with E-state index in [0.717, 1.165) is 29.6 Å². The van der Waals surface area contributed by atoms with Crippen LogP contribution >= 0.6 is 11.8 Å². The Hall–Kier alpha value is -1.89. The monoisotopic (exact) mass is 361 g/mol. The van der Waals surface area contributed by atoms with Crippen LogP contribution in [0.5, 0.6) is 0 Å². The molecule has 3 rings (SSSR count). The second-order valence-electron chi connectivity index (χ2n) is 6.75. The summed E-state index contributed by atoms with van der Waals surface area (Å²) in [6.45, 7) is 2.53. The zero-order valence-corrected chi connectivity index (χ0v) is 15.3. The van der Waals surface area contributed by atoms with Crippen LogP contribution in [-0.2, 0) is 4.79 Å². The van der Waals surface area contributed by atoms with Gasteiger partial charge < -0.3 is 0 Å². The van der Waals surface area contributed by atoms with Gasteiger partial charge in [0.1, 0.15) is 0 Å². The van der Waals surface area contributed by atoms with E-state index in [9.17, 15) is 14.9 Å². The minimum atomic E-state index is -0.408. The number of aryl methyl sites for hydroxylation is 1. The Morgan fingerprint density at radius 1 is 1.32 bits per heavy atom. The van der Waals surface area contributed by atoms with Crippen molar-refractivity contribution in [2.45, 2.75) is 45.4 Å². The van der Waals surface area contributed by atoms with Crippen molar-refractivity contribution < 1.29 is 9.72 Å². The third-order valence-electron chi connectivity index (χ3n) is 4.95. The van der Waals surface area contributed by atoms with E-state index in [1.54, 1.807) is 17.9 Å². The molecule has 1 aliphatic carbocycles. The summed E-state index contributed by atoms with van der Waals surface area (Å²) in [5, 5.41) is 11.6. The van der Waals surface area contributed by atoms with Gasteiger partial charge >= 0.3 is 0 Å². The molecule has 0 aromatic heterocycles. The van der Waals surface area contributed by atoms with E-state index in [0.29, 0.717) is 11.4 Å². The van der Waals surface area contributed by atoms with Gasteiger partial charge in [0, 0.05) is 18.7 Å². The van der Waals surface area contributed by atoms with E-state index < -0.39 is 4.92 Å². The maximum atomic E-state index is 12.2. The summed E-state index contributed by atoms with van der Waals surface area (Å²) in [7, 11) is 0. The number of hydrogen-bond donors (Lipinski definition) is 0. The fourth-order valence-corrected chi connectivity index (χ4v) is 4.39. The molecule has 0 unspecified atom stereocenters. The maximum absolute atomic E-state index is 12.2. The Morgan fingerprint density at radius 3 is 2.76 bits per heavy atom. The minimum Gasteiger partial charge on any atom is -0.291 e. The standard InChI is InChI=1S/C18H23N3O3S/c1-13-11-15(21(23)24)7-8-16(13)19-18-20(17(22)12-25-18)10-9-14-5-3-2-4-6-14/h7-8,11,14H,2-6,9-10,12H2,1H3. The van der Waals surface area contributed by atoms with E-state index in [-0.39, 0.29) is 11.6 Å². The van der Waals surface area contributed by atoms with Crippen LogP contribution in [0.15, 0.2) is 23.2 Å². The summed E-state index contributed by atoms with van der Waals surface area (Å²) < 4.78 is 0. The molecular formula is C18H23N3O3S. The van der Waals surface area contributed by atoms with Gasteiger partial charge in [0.05, 0.1) is 16.4 Å². The predicted molar refractivity (Wildman–Crippen MR) is 100 cm³/mol. The van der Waals surface area contributed by atoms with Crippen LogP contribution in [-0.4, -0.2) is 33.2 Å². The normalized spacial score (nSPS) is 20.4. The van der Waals surface area contributed by atoms with E-state index in [4.69, 9.17) is 0 Å². The van der Waals surface area contributed by atoms with Crippen molar-refractivity contribution in [3.63, 3.8) is 0 Å². The van der Waals surface area contributed by atoms with Gasteiger partial charge in [-0.1, -0.05) is 43.9 Å². The summed E-state index contributed by atoms with van der Waals surface area (Å²) in [5.74, 6) is 1.25. The molecular weight excluding hydrogens is 338 g/mol. The first kappa shape index (κ1) is 17.9. The number of thioether (sulfide) groups is 1. The number of carbonyl (C=O) groups excluding carboxylic acids is 1. The predicted octanol–water partition coefficient (Wildman–Crippen LogP) is 4.44. The van der Waals surface area contributed by atoms with Gasteiger partial charge in [0.25, 0.3) is 5.69 Å². The highest BCUT2D eigenvalue weighted by Crippen LogP contribution is 2.30. The van der Waals surface area contributed by atoms with Gasteiger partial charge in [0.15, 0.2) is 5.17 Å². The van der Waals surface area contributed by atoms with Crippen molar-refractivity contribution in [2.75, 3.05) is 12.3 Å². The molecule has 0 atom stereocenters. The molecule has 1 saturated heterocycles. The molecule has 25 heavy (non-hydrogen) atoms. The number of benzene rings is 1. The summed E-state index contributed by atoms with van der Waals surface area (Å²) in [6, 6.07) is 4.64. The lowest BCUT2D eigenvalue weighted by atomic mass is 9.87. The average Bonchev–Trinajstić information content (AvgIpc) is 2.95. The van der Waals surface area contributed by atoms with Gasteiger partial charge in [-0.2, -0.15) is 0 Å². The number of nitro groups is 1. The van der Waals surface area contributed by atoms with Crippen molar-refractivity contribution in [3.8, 4) is 0 Å². The molecule has 1 aliphatic heterocycles. The van der Waals surface area contributed by atoms with Crippen molar-refractivity contribution in [2.24, 2.45) is 10.9 Å². The third-order valence-corrected chi connectivity index (χ3v) is 5.91. The molecule has 7 heteroatoms. The number of amides is 1. The molecule has 1 heterocycles. The Balaban J connectivity index is 1.72. The largest absolute Gasteiger partial charge is 0.291 e. The molecule has 2 fully saturated rings. The third kappa shape index (κ3) is 4.39. The molecule has 0 radical (unpaired) electrons. The van der Waals surface area contributed by atoms with Crippen LogP contribution < -0.4 is 0 Å². The number of aliphatic imine (C=N–C) groups is 1.